The van der Waals surface area contributed by atoms with Crippen LogP contribution in [-0.2, 0) is 0 Å². The van der Waals surface area contributed by atoms with Gasteiger partial charge in [0, 0.05) is 23.5 Å². The Labute approximate surface area is 138 Å². The van der Waals surface area contributed by atoms with E-state index in [0.29, 0.717) is 6.04 Å². The molecule has 1 aliphatic rings. The second kappa shape index (κ2) is 7.93. The molecule has 3 nitrogen and oxygen atoms in total. The molecule has 0 bridgehead atoms. The van der Waals surface area contributed by atoms with E-state index in [1.807, 2.05) is 6.07 Å². The van der Waals surface area contributed by atoms with E-state index in [9.17, 15) is 0 Å². The predicted octanol–water partition coefficient (Wildman–Crippen LogP) is 3.60. The first-order valence-corrected chi connectivity index (χ1v) is 9.21. The van der Waals surface area contributed by atoms with E-state index < -0.39 is 0 Å². The minimum absolute atomic E-state index is 0.154. The number of thiophene rings is 1. The number of nitrogens with two attached hydrogens (primary N) is 1. The van der Waals surface area contributed by atoms with Gasteiger partial charge in [0.2, 0.25) is 0 Å². The number of hydrogen-bond acceptors (Lipinski definition) is 4. The van der Waals surface area contributed by atoms with Crippen molar-refractivity contribution in [1.82, 2.24) is 9.80 Å². The molecule has 1 fully saturated rings. The standard InChI is InChI=1S/C16H28ClN3S/c1-4-13(18)16(14-8-9-15(17)21-14)19(3)11-12-7-6-10-20(12)5-2/h8-9,12-13,16H,4-7,10-11,18H2,1-3H3. The van der Waals surface area contributed by atoms with E-state index in [1.54, 1.807) is 11.3 Å². The highest BCUT2D eigenvalue weighted by Gasteiger charge is 2.30. The first-order valence-electron chi connectivity index (χ1n) is 8.01. The van der Waals surface area contributed by atoms with Gasteiger partial charge < -0.3 is 5.73 Å². The summed E-state index contributed by atoms with van der Waals surface area (Å²) in [6, 6.07) is 5.21. The number of nitrogens with zero attached hydrogens (tertiary/aromatic N) is 2. The minimum atomic E-state index is 0.154. The molecule has 0 saturated carbocycles. The molecule has 2 rings (SSSR count). The number of likely N-dealkylation sites (tertiary alicyclic amines) is 1. The van der Waals surface area contributed by atoms with Gasteiger partial charge in [0.25, 0.3) is 0 Å². The Morgan fingerprint density at radius 1 is 1.48 bits per heavy atom. The highest BCUT2D eigenvalue weighted by Crippen LogP contribution is 2.33. The summed E-state index contributed by atoms with van der Waals surface area (Å²) in [4.78, 5) is 6.32. The Bertz CT molecular complexity index is 437. The Hall–Kier alpha value is -0.130. The van der Waals surface area contributed by atoms with Gasteiger partial charge in [-0.05, 0) is 51.5 Å². The van der Waals surface area contributed by atoms with Crippen molar-refractivity contribution in [3.8, 4) is 0 Å². The van der Waals surface area contributed by atoms with E-state index in [-0.39, 0.29) is 12.1 Å². The lowest BCUT2D eigenvalue weighted by Gasteiger charge is -2.35. The van der Waals surface area contributed by atoms with Gasteiger partial charge in [-0.2, -0.15) is 0 Å². The van der Waals surface area contributed by atoms with Gasteiger partial charge in [-0.1, -0.05) is 25.4 Å². The highest BCUT2D eigenvalue weighted by atomic mass is 35.5. The van der Waals surface area contributed by atoms with Gasteiger partial charge in [0.1, 0.15) is 0 Å². The van der Waals surface area contributed by atoms with Gasteiger partial charge in [0.05, 0.1) is 10.4 Å². The molecule has 3 unspecified atom stereocenters. The molecule has 1 aromatic heterocycles. The number of rotatable bonds is 7. The molecule has 2 N–H and O–H groups in total. The molecule has 0 spiro atoms. The summed E-state index contributed by atoms with van der Waals surface area (Å²) in [5.74, 6) is 0. The summed E-state index contributed by atoms with van der Waals surface area (Å²) >= 11 is 7.79. The van der Waals surface area contributed by atoms with Crippen molar-refractivity contribution < 1.29 is 0 Å². The molecule has 0 amide bonds. The fourth-order valence-electron chi connectivity index (χ4n) is 3.43. The molecule has 1 aliphatic heterocycles. The van der Waals surface area contributed by atoms with Crippen LogP contribution in [-0.4, -0.2) is 48.6 Å². The molecule has 1 saturated heterocycles. The Balaban J connectivity index is 2.09. The van der Waals surface area contributed by atoms with Crippen molar-refractivity contribution in [2.45, 2.75) is 51.2 Å². The second-order valence-electron chi connectivity index (χ2n) is 6.02. The normalized spacial score (nSPS) is 22.9. The number of likely N-dealkylation sites (N-methyl/N-ethyl adjacent to an activating group) is 2. The summed E-state index contributed by atoms with van der Waals surface area (Å²) in [5, 5.41) is 0. The van der Waals surface area contributed by atoms with Crippen LogP contribution < -0.4 is 5.73 Å². The Morgan fingerprint density at radius 3 is 2.81 bits per heavy atom. The van der Waals surface area contributed by atoms with Crippen LogP contribution in [0.2, 0.25) is 4.34 Å². The highest BCUT2D eigenvalue weighted by molar-refractivity contribution is 7.16. The fourth-order valence-corrected chi connectivity index (χ4v) is 4.73. The van der Waals surface area contributed by atoms with Gasteiger partial charge >= 0.3 is 0 Å². The molecule has 0 aliphatic carbocycles. The SMILES string of the molecule is CCC(N)C(c1ccc(Cl)s1)N(C)CC1CCCN1CC. The quantitative estimate of drug-likeness (QED) is 0.829. The lowest BCUT2D eigenvalue weighted by molar-refractivity contribution is 0.149. The summed E-state index contributed by atoms with van der Waals surface area (Å²) in [6.07, 6.45) is 3.60. The third-order valence-corrected chi connectivity index (χ3v) is 5.94. The van der Waals surface area contributed by atoms with Crippen LogP contribution in [0.4, 0.5) is 0 Å². The van der Waals surface area contributed by atoms with Crippen LogP contribution in [0.1, 0.15) is 44.0 Å². The molecule has 3 atom stereocenters. The zero-order valence-electron chi connectivity index (χ0n) is 13.4. The van der Waals surface area contributed by atoms with Crippen molar-refractivity contribution in [2.24, 2.45) is 5.73 Å². The van der Waals surface area contributed by atoms with E-state index in [2.05, 4.69) is 36.8 Å². The predicted molar refractivity (Wildman–Crippen MR) is 93.2 cm³/mol. The van der Waals surface area contributed by atoms with Crippen LogP contribution in [0.15, 0.2) is 12.1 Å². The zero-order chi connectivity index (χ0) is 15.4. The molecule has 0 radical (unpaired) electrons. The summed E-state index contributed by atoms with van der Waals surface area (Å²) < 4.78 is 0.850. The van der Waals surface area contributed by atoms with Crippen LogP contribution in [0.25, 0.3) is 0 Å². The van der Waals surface area contributed by atoms with Crippen molar-refractivity contribution in [3.05, 3.63) is 21.3 Å². The average molecular weight is 330 g/mol. The van der Waals surface area contributed by atoms with E-state index >= 15 is 0 Å². The van der Waals surface area contributed by atoms with Gasteiger partial charge in [-0.25, -0.2) is 0 Å². The van der Waals surface area contributed by atoms with Crippen molar-refractivity contribution >= 4 is 22.9 Å². The fraction of sp³-hybridized carbons (Fsp3) is 0.750. The second-order valence-corrected chi connectivity index (χ2v) is 7.77. The molecule has 0 aromatic carbocycles. The monoisotopic (exact) mass is 329 g/mol. The van der Waals surface area contributed by atoms with Crippen LogP contribution in [0.3, 0.4) is 0 Å². The van der Waals surface area contributed by atoms with Crippen molar-refractivity contribution in [1.29, 1.82) is 0 Å². The maximum absolute atomic E-state index is 6.41. The lowest BCUT2D eigenvalue weighted by Crippen LogP contribution is -2.44. The van der Waals surface area contributed by atoms with Crippen molar-refractivity contribution in [2.75, 3.05) is 26.7 Å². The molecule has 2 heterocycles. The molecule has 5 heteroatoms. The van der Waals surface area contributed by atoms with Crippen LogP contribution >= 0.6 is 22.9 Å². The molecule has 1 aromatic rings. The van der Waals surface area contributed by atoms with E-state index in [0.717, 1.165) is 23.8 Å². The molecule has 21 heavy (non-hydrogen) atoms. The lowest BCUT2D eigenvalue weighted by atomic mass is 10.0. The molecule has 120 valence electrons. The third-order valence-electron chi connectivity index (χ3n) is 4.64. The molecular weight excluding hydrogens is 302 g/mol. The average Bonchev–Trinajstić information content (AvgIpc) is 3.08. The summed E-state index contributed by atoms with van der Waals surface area (Å²) in [5.41, 5.74) is 6.41. The number of hydrogen-bond donors (Lipinski definition) is 1. The summed E-state index contributed by atoms with van der Waals surface area (Å²) in [6.45, 7) is 7.89. The first-order chi connectivity index (χ1) is 10.1. The van der Waals surface area contributed by atoms with E-state index in [4.69, 9.17) is 17.3 Å². The zero-order valence-corrected chi connectivity index (χ0v) is 15.0. The Kier molecular flexibility index (Phi) is 6.51. The van der Waals surface area contributed by atoms with E-state index in [1.165, 1.54) is 24.3 Å². The van der Waals surface area contributed by atoms with Gasteiger partial charge in [-0.3, -0.25) is 9.80 Å². The smallest absolute Gasteiger partial charge is 0.0931 e. The van der Waals surface area contributed by atoms with Gasteiger partial charge in [-0.15, -0.1) is 11.3 Å². The Morgan fingerprint density at radius 2 is 2.24 bits per heavy atom. The minimum Gasteiger partial charge on any atom is -0.326 e. The maximum Gasteiger partial charge on any atom is 0.0931 e. The van der Waals surface area contributed by atoms with Crippen LogP contribution in [0.5, 0.6) is 0 Å². The largest absolute Gasteiger partial charge is 0.326 e. The first kappa shape index (κ1) is 17.2. The summed E-state index contributed by atoms with van der Waals surface area (Å²) in [7, 11) is 2.21. The third kappa shape index (κ3) is 4.20. The number of halogens is 1. The van der Waals surface area contributed by atoms with Gasteiger partial charge in [0.15, 0.2) is 0 Å². The maximum atomic E-state index is 6.41. The van der Waals surface area contributed by atoms with Crippen LogP contribution in [0, 0.1) is 0 Å². The topological polar surface area (TPSA) is 32.5 Å². The van der Waals surface area contributed by atoms with Crippen molar-refractivity contribution in [3.63, 3.8) is 0 Å². The molecular formula is C16H28ClN3S.